The highest BCUT2D eigenvalue weighted by molar-refractivity contribution is 6.42. The largest absolute Gasteiger partial charge is 0.484 e. The Morgan fingerprint density at radius 2 is 1.67 bits per heavy atom. The van der Waals surface area contributed by atoms with Crippen molar-refractivity contribution in [2.75, 3.05) is 6.61 Å². The zero-order valence-electron chi connectivity index (χ0n) is 20.2. The summed E-state index contributed by atoms with van der Waals surface area (Å²) in [4.78, 5) is 27.6. The van der Waals surface area contributed by atoms with E-state index in [9.17, 15) is 9.59 Å². The van der Waals surface area contributed by atoms with Gasteiger partial charge >= 0.3 is 0 Å². The Morgan fingerprint density at radius 3 is 2.18 bits per heavy atom. The van der Waals surface area contributed by atoms with Crippen molar-refractivity contribution < 1.29 is 14.3 Å². The number of amides is 2. The van der Waals surface area contributed by atoms with Gasteiger partial charge in [-0.1, -0.05) is 69.1 Å². The molecule has 0 radical (unpaired) electrons. The molecule has 0 heterocycles. The molecule has 0 aliphatic rings. The molecule has 0 saturated carbocycles. The number of ether oxygens (including phenoxy) is 1. The number of halogens is 2. The summed E-state index contributed by atoms with van der Waals surface area (Å²) in [7, 11) is 0. The van der Waals surface area contributed by atoms with Crippen LogP contribution in [-0.2, 0) is 21.5 Å². The van der Waals surface area contributed by atoms with Gasteiger partial charge in [0.25, 0.3) is 5.91 Å². The lowest BCUT2D eigenvalue weighted by atomic mass is 9.87. The van der Waals surface area contributed by atoms with Gasteiger partial charge in [0, 0.05) is 12.6 Å². The van der Waals surface area contributed by atoms with Gasteiger partial charge in [0.15, 0.2) is 6.61 Å². The predicted octanol–water partition coefficient (Wildman–Crippen LogP) is 6.00. The fraction of sp³-hybridized carbons (Fsp3) is 0.462. The van der Waals surface area contributed by atoms with Crippen LogP contribution >= 0.6 is 23.2 Å². The van der Waals surface area contributed by atoms with Gasteiger partial charge in [-0.15, -0.1) is 0 Å². The number of carbonyl (C=O) groups excluding carboxylic acids is 2. The van der Waals surface area contributed by atoms with Crippen LogP contribution in [0.5, 0.6) is 5.75 Å². The van der Waals surface area contributed by atoms with Crippen LogP contribution in [0, 0.1) is 0 Å². The summed E-state index contributed by atoms with van der Waals surface area (Å²) in [6, 6.07) is 12.2. The summed E-state index contributed by atoms with van der Waals surface area (Å²) in [5.41, 5.74) is 1.99. The molecule has 0 saturated heterocycles. The Labute approximate surface area is 207 Å². The van der Waals surface area contributed by atoms with Crippen molar-refractivity contribution in [3.05, 3.63) is 63.6 Å². The molecule has 5 nitrogen and oxygen atoms in total. The minimum Gasteiger partial charge on any atom is -0.484 e. The summed E-state index contributed by atoms with van der Waals surface area (Å²) in [5, 5.41) is 3.74. The lowest BCUT2D eigenvalue weighted by molar-refractivity contribution is -0.143. The molecule has 2 amide bonds. The average Bonchev–Trinajstić information content (AvgIpc) is 2.73. The minimum absolute atomic E-state index is 0.0309. The number of carbonyl (C=O) groups is 2. The van der Waals surface area contributed by atoms with Crippen LogP contribution < -0.4 is 10.1 Å². The first-order chi connectivity index (χ1) is 15.4. The number of nitrogens with zero attached hydrogens (tertiary/aromatic N) is 1. The third-order valence-electron chi connectivity index (χ3n) is 5.24. The molecular formula is C26H34Cl2N2O3. The monoisotopic (exact) mass is 492 g/mol. The van der Waals surface area contributed by atoms with E-state index in [1.54, 1.807) is 23.1 Å². The maximum atomic E-state index is 13.3. The highest BCUT2D eigenvalue weighted by atomic mass is 35.5. The Hall–Kier alpha value is -2.24. The van der Waals surface area contributed by atoms with E-state index in [1.807, 2.05) is 45.0 Å². The quantitative estimate of drug-likeness (QED) is 0.466. The van der Waals surface area contributed by atoms with Crippen molar-refractivity contribution in [3.63, 3.8) is 0 Å². The Balaban J connectivity index is 2.22. The zero-order chi connectivity index (χ0) is 24.8. The molecule has 0 bridgehead atoms. The van der Waals surface area contributed by atoms with Crippen LogP contribution in [0.25, 0.3) is 0 Å². The molecule has 2 rings (SSSR count). The van der Waals surface area contributed by atoms with Crippen LogP contribution in [0.15, 0.2) is 42.5 Å². The molecule has 1 atom stereocenters. The fourth-order valence-electron chi connectivity index (χ4n) is 3.41. The van der Waals surface area contributed by atoms with Crippen LogP contribution in [0.4, 0.5) is 0 Å². The third-order valence-corrected chi connectivity index (χ3v) is 5.98. The second-order valence-electron chi connectivity index (χ2n) is 9.42. The van der Waals surface area contributed by atoms with E-state index in [2.05, 4.69) is 26.1 Å². The smallest absolute Gasteiger partial charge is 0.261 e. The molecule has 0 fully saturated rings. The molecule has 0 aromatic heterocycles. The summed E-state index contributed by atoms with van der Waals surface area (Å²) in [6.45, 7) is 12.1. The molecular weight excluding hydrogens is 459 g/mol. The van der Waals surface area contributed by atoms with E-state index >= 15 is 0 Å². The Morgan fingerprint density at radius 1 is 1.03 bits per heavy atom. The van der Waals surface area contributed by atoms with E-state index in [4.69, 9.17) is 27.9 Å². The van der Waals surface area contributed by atoms with Crippen molar-refractivity contribution in [2.45, 2.75) is 72.0 Å². The highest BCUT2D eigenvalue weighted by Gasteiger charge is 2.29. The zero-order valence-corrected chi connectivity index (χ0v) is 21.8. The number of rotatable bonds is 9. The number of nitrogens with one attached hydrogen (secondary N) is 1. The van der Waals surface area contributed by atoms with Gasteiger partial charge in [0.05, 0.1) is 10.0 Å². The molecule has 7 heteroatoms. The van der Waals surface area contributed by atoms with Gasteiger partial charge in [-0.05, 0) is 61.1 Å². The van der Waals surface area contributed by atoms with Gasteiger partial charge in [-0.2, -0.15) is 0 Å². The predicted molar refractivity (Wildman–Crippen MR) is 135 cm³/mol. The maximum Gasteiger partial charge on any atom is 0.261 e. The molecule has 0 aliphatic heterocycles. The maximum absolute atomic E-state index is 13.3. The van der Waals surface area contributed by atoms with Crippen molar-refractivity contribution >= 4 is 35.0 Å². The second kappa shape index (κ2) is 11.8. The molecule has 2 aromatic rings. The van der Waals surface area contributed by atoms with Crippen molar-refractivity contribution in [1.82, 2.24) is 10.2 Å². The minimum atomic E-state index is -0.638. The van der Waals surface area contributed by atoms with Crippen LogP contribution in [0.1, 0.15) is 59.1 Å². The van der Waals surface area contributed by atoms with E-state index < -0.39 is 6.04 Å². The van der Waals surface area contributed by atoms with Gasteiger partial charge in [0.2, 0.25) is 5.91 Å². The summed E-state index contributed by atoms with van der Waals surface area (Å²) < 4.78 is 5.78. The first-order valence-corrected chi connectivity index (χ1v) is 11.9. The third kappa shape index (κ3) is 7.94. The molecule has 33 heavy (non-hydrogen) atoms. The second-order valence-corrected chi connectivity index (χ2v) is 10.2. The van der Waals surface area contributed by atoms with E-state index in [-0.39, 0.29) is 36.4 Å². The molecule has 1 N–H and O–H groups in total. The van der Waals surface area contributed by atoms with E-state index in [0.717, 1.165) is 5.56 Å². The number of hydrogen-bond acceptors (Lipinski definition) is 3. The van der Waals surface area contributed by atoms with Crippen LogP contribution in [0.2, 0.25) is 10.0 Å². The highest BCUT2D eigenvalue weighted by Crippen LogP contribution is 2.25. The fourth-order valence-corrected chi connectivity index (χ4v) is 3.73. The van der Waals surface area contributed by atoms with Gasteiger partial charge in [-0.25, -0.2) is 0 Å². The molecule has 180 valence electrons. The van der Waals surface area contributed by atoms with Gasteiger partial charge in [0.1, 0.15) is 11.8 Å². The van der Waals surface area contributed by atoms with E-state index in [1.165, 1.54) is 5.56 Å². The van der Waals surface area contributed by atoms with Gasteiger partial charge < -0.3 is 15.0 Å². The summed E-state index contributed by atoms with van der Waals surface area (Å²) in [6.07, 6.45) is 0.464. The van der Waals surface area contributed by atoms with Crippen LogP contribution in [0.3, 0.4) is 0 Å². The van der Waals surface area contributed by atoms with Crippen LogP contribution in [-0.4, -0.2) is 35.4 Å². The summed E-state index contributed by atoms with van der Waals surface area (Å²) >= 11 is 12.2. The molecule has 2 aromatic carbocycles. The SMILES string of the molecule is CCC(C(=O)NC(C)C)N(Cc1ccc(Cl)c(Cl)c1)C(=O)COc1ccc(C(C)(C)C)cc1. The van der Waals surface area contributed by atoms with Gasteiger partial charge in [-0.3, -0.25) is 9.59 Å². The first-order valence-electron chi connectivity index (χ1n) is 11.2. The average molecular weight is 493 g/mol. The summed E-state index contributed by atoms with van der Waals surface area (Å²) in [5.74, 6) is 0.118. The molecule has 0 aliphatic carbocycles. The normalized spacial score (nSPS) is 12.4. The molecule has 1 unspecified atom stereocenters. The Bertz CT molecular complexity index is 953. The number of hydrogen-bond donors (Lipinski definition) is 1. The number of benzene rings is 2. The lowest BCUT2D eigenvalue weighted by Crippen LogP contribution is -2.51. The van der Waals surface area contributed by atoms with Crippen molar-refractivity contribution in [2.24, 2.45) is 0 Å². The van der Waals surface area contributed by atoms with E-state index in [0.29, 0.717) is 22.2 Å². The topological polar surface area (TPSA) is 58.6 Å². The Kier molecular flexibility index (Phi) is 9.62. The van der Waals surface area contributed by atoms with Crippen molar-refractivity contribution in [3.8, 4) is 5.75 Å². The standard InChI is InChI=1S/C26H34Cl2N2O3/c1-7-23(25(32)29-17(2)3)30(15-18-8-13-21(27)22(28)14-18)24(31)16-33-20-11-9-19(10-12-20)26(4,5)6/h8-14,17,23H,7,15-16H2,1-6H3,(H,29,32). The first kappa shape index (κ1) is 27.0. The lowest BCUT2D eigenvalue weighted by Gasteiger charge is -2.31. The molecule has 0 spiro atoms. The van der Waals surface area contributed by atoms with Crippen molar-refractivity contribution in [1.29, 1.82) is 0 Å².